The quantitative estimate of drug-likeness (QED) is 0.428. The second-order valence-electron chi connectivity index (χ2n) is 9.69. The Morgan fingerprint density at radius 1 is 1.16 bits per heavy atom. The number of ether oxygens (including phenoxy) is 3. The van der Waals surface area contributed by atoms with Gasteiger partial charge in [0.15, 0.2) is 0 Å². The first-order valence-corrected chi connectivity index (χ1v) is 13.2. The summed E-state index contributed by atoms with van der Waals surface area (Å²) in [5.41, 5.74) is 5.64. The zero-order valence-corrected chi connectivity index (χ0v) is 22.1. The third-order valence-electron chi connectivity index (χ3n) is 6.58. The van der Waals surface area contributed by atoms with Gasteiger partial charge in [-0.05, 0) is 45.5 Å². The molecule has 3 heterocycles. The van der Waals surface area contributed by atoms with Gasteiger partial charge in [-0.15, -0.1) is 5.12 Å². The Morgan fingerprint density at radius 2 is 1.92 bits per heavy atom. The summed E-state index contributed by atoms with van der Waals surface area (Å²) >= 11 is 0. The van der Waals surface area contributed by atoms with Crippen molar-refractivity contribution in [2.24, 2.45) is 0 Å². The minimum atomic E-state index is -0.656. The molecule has 3 N–H and O–H groups in total. The molecule has 4 rings (SSSR count). The first kappa shape index (κ1) is 27.5. The molecule has 11 heteroatoms. The van der Waals surface area contributed by atoms with Gasteiger partial charge in [0.25, 0.3) is 5.91 Å². The van der Waals surface area contributed by atoms with Crippen LogP contribution in [0.1, 0.15) is 43.0 Å². The molecule has 0 saturated carbocycles. The fraction of sp³-hybridized carbons (Fsp3) is 0.615. The molecular formula is C26H40N6O5. The molecule has 37 heavy (non-hydrogen) atoms. The predicted octanol–water partition coefficient (Wildman–Crippen LogP) is 1.66. The van der Waals surface area contributed by atoms with Gasteiger partial charge >= 0.3 is 6.09 Å². The van der Waals surface area contributed by atoms with Crippen LogP contribution in [0.5, 0.6) is 0 Å². The molecule has 11 nitrogen and oxygen atoms in total. The number of likely N-dealkylation sites (N-methyl/N-ethyl adjacent to an activating group) is 1. The van der Waals surface area contributed by atoms with Gasteiger partial charge in [-0.2, -0.15) is 5.01 Å². The zero-order chi connectivity index (χ0) is 26.2. The van der Waals surface area contributed by atoms with Crippen molar-refractivity contribution in [1.82, 2.24) is 31.1 Å². The molecule has 0 bridgehead atoms. The van der Waals surface area contributed by atoms with Gasteiger partial charge in [0.05, 0.1) is 18.9 Å². The lowest BCUT2D eigenvalue weighted by Gasteiger charge is -2.37. The molecule has 204 valence electrons. The topological polar surface area (TPSA) is 108 Å². The van der Waals surface area contributed by atoms with Crippen molar-refractivity contribution in [3.05, 3.63) is 47.2 Å². The molecule has 1 aromatic rings. The Labute approximate surface area is 219 Å². The smallest absolute Gasteiger partial charge is 0.430 e. The number of carbonyl (C=O) groups is 2. The standard InChI is InChI=1S/C26H40N6O5/c1-4-15-37-26(34)31-21-10-13-27-25(36-18-14-30(2)3)22(21)23(28-24(33)19-8-6-5-7-9-19)32(31)29-20-11-16-35-17-12-20/h5-9,20,23,25,27,29H,4,10-18H2,1-3H3,(H,28,33). The van der Waals surface area contributed by atoms with Crippen molar-refractivity contribution >= 4 is 12.0 Å². The van der Waals surface area contributed by atoms with Crippen molar-refractivity contribution < 1.29 is 23.8 Å². The molecule has 0 aliphatic carbocycles. The molecule has 0 aromatic heterocycles. The summed E-state index contributed by atoms with van der Waals surface area (Å²) < 4.78 is 17.4. The maximum atomic E-state index is 13.4. The molecule has 1 aromatic carbocycles. The molecule has 0 radical (unpaired) electrons. The monoisotopic (exact) mass is 516 g/mol. The lowest BCUT2D eigenvalue weighted by Crippen LogP contribution is -2.62. The molecular weight excluding hydrogens is 476 g/mol. The van der Waals surface area contributed by atoms with Crippen molar-refractivity contribution in [1.29, 1.82) is 0 Å². The number of hydrazine groups is 2. The summed E-state index contributed by atoms with van der Waals surface area (Å²) in [6.07, 6.45) is 1.29. The van der Waals surface area contributed by atoms with E-state index in [0.717, 1.165) is 30.7 Å². The summed E-state index contributed by atoms with van der Waals surface area (Å²) in [6.45, 7) is 5.42. The minimum Gasteiger partial charge on any atom is -0.448 e. The predicted molar refractivity (Wildman–Crippen MR) is 138 cm³/mol. The van der Waals surface area contributed by atoms with Crippen molar-refractivity contribution in [2.45, 2.75) is 51.0 Å². The maximum absolute atomic E-state index is 13.4. The van der Waals surface area contributed by atoms with Crippen LogP contribution in [0.4, 0.5) is 4.79 Å². The van der Waals surface area contributed by atoms with Crippen LogP contribution in [0.15, 0.2) is 41.6 Å². The van der Waals surface area contributed by atoms with Gasteiger partial charge in [0.1, 0.15) is 12.4 Å². The van der Waals surface area contributed by atoms with Gasteiger partial charge in [-0.1, -0.05) is 25.1 Å². The zero-order valence-electron chi connectivity index (χ0n) is 22.1. The fourth-order valence-corrected chi connectivity index (χ4v) is 4.67. The van der Waals surface area contributed by atoms with E-state index >= 15 is 0 Å². The normalized spacial score (nSPS) is 22.9. The van der Waals surface area contributed by atoms with Crippen molar-refractivity contribution in [2.75, 3.05) is 53.6 Å². The first-order valence-electron chi connectivity index (χ1n) is 13.2. The van der Waals surface area contributed by atoms with E-state index in [-0.39, 0.29) is 11.9 Å². The second kappa shape index (κ2) is 13.3. The Morgan fingerprint density at radius 3 is 2.62 bits per heavy atom. The van der Waals surface area contributed by atoms with Crippen LogP contribution < -0.4 is 16.1 Å². The lowest BCUT2D eigenvalue weighted by molar-refractivity contribution is -0.0707. The van der Waals surface area contributed by atoms with Crippen LogP contribution in [-0.4, -0.2) is 99.1 Å². The third-order valence-corrected chi connectivity index (χ3v) is 6.58. The van der Waals surface area contributed by atoms with Crippen LogP contribution >= 0.6 is 0 Å². The molecule has 0 spiro atoms. The Kier molecular flexibility index (Phi) is 9.89. The van der Waals surface area contributed by atoms with Crippen LogP contribution in [-0.2, 0) is 14.2 Å². The number of rotatable bonds is 10. The van der Waals surface area contributed by atoms with Gasteiger partial charge in [0.2, 0.25) is 0 Å². The van der Waals surface area contributed by atoms with Crippen molar-refractivity contribution in [3.63, 3.8) is 0 Å². The minimum absolute atomic E-state index is 0.0776. The van der Waals surface area contributed by atoms with Gasteiger partial charge in [-0.3, -0.25) is 10.1 Å². The Hall–Kier alpha value is -2.54. The van der Waals surface area contributed by atoms with Gasteiger partial charge in [0, 0.05) is 49.9 Å². The number of hydrogen-bond acceptors (Lipinski definition) is 9. The average molecular weight is 517 g/mol. The first-order chi connectivity index (χ1) is 18.0. The number of amides is 2. The summed E-state index contributed by atoms with van der Waals surface area (Å²) in [5, 5.41) is 9.88. The number of hydrogen-bond donors (Lipinski definition) is 3. The lowest BCUT2D eigenvalue weighted by atomic mass is 10.0. The van der Waals surface area contributed by atoms with Crippen LogP contribution in [0.3, 0.4) is 0 Å². The Balaban J connectivity index is 1.67. The molecule has 1 fully saturated rings. The van der Waals surface area contributed by atoms with E-state index in [1.807, 2.05) is 39.2 Å². The Bertz CT molecular complexity index is 937. The largest absolute Gasteiger partial charge is 0.448 e. The van der Waals surface area contributed by atoms with E-state index in [1.54, 1.807) is 22.3 Å². The number of nitrogens with one attached hydrogen (secondary N) is 3. The number of carbonyl (C=O) groups excluding carboxylic acids is 2. The average Bonchev–Trinajstić information content (AvgIpc) is 3.21. The van der Waals surface area contributed by atoms with E-state index in [4.69, 9.17) is 14.2 Å². The third kappa shape index (κ3) is 6.86. The van der Waals surface area contributed by atoms with Crippen LogP contribution in [0, 0.1) is 0 Å². The molecule has 2 amide bonds. The molecule has 1 saturated heterocycles. The SMILES string of the molecule is CCCOC(=O)N1C2=C(C(OCCN(C)C)NCC2)C(NC(=O)c2ccccc2)N1NC1CCOCC1. The van der Waals surface area contributed by atoms with Crippen LogP contribution in [0.25, 0.3) is 0 Å². The van der Waals surface area contributed by atoms with E-state index in [2.05, 4.69) is 21.0 Å². The highest BCUT2D eigenvalue weighted by Gasteiger charge is 2.48. The van der Waals surface area contributed by atoms with Crippen molar-refractivity contribution in [3.8, 4) is 0 Å². The van der Waals surface area contributed by atoms with E-state index in [9.17, 15) is 9.59 Å². The highest BCUT2D eigenvalue weighted by molar-refractivity contribution is 5.94. The number of benzene rings is 1. The molecule has 3 aliphatic heterocycles. The summed E-state index contributed by atoms with van der Waals surface area (Å²) in [5.74, 6) is -0.238. The molecule has 3 aliphatic rings. The van der Waals surface area contributed by atoms with E-state index in [1.165, 1.54) is 0 Å². The maximum Gasteiger partial charge on any atom is 0.430 e. The van der Waals surface area contributed by atoms with Gasteiger partial charge < -0.3 is 24.4 Å². The summed E-state index contributed by atoms with van der Waals surface area (Å²) in [7, 11) is 3.98. The van der Waals surface area contributed by atoms with Gasteiger partial charge in [-0.25, -0.2) is 10.2 Å². The van der Waals surface area contributed by atoms with Crippen LogP contribution in [0.2, 0.25) is 0 Å². The molecule has 2 unspecified atom stereocenters. The second-order valence-corrected chi connectivity index (χ2v) is 9.69. The van der Waals surface area contributed by atoms with E-state index in [0.29, 0.717) is 51.4 Å². The number of nitrogens with zero attached hydrogens (tertiary/aromatic N) is 3. The molecule has 2 atom stereocenters. The highest BCUT2D eigenvalue weighted by atomic mass is 16.6. The summed E-state index contributed by atoms with van der Waals surface area (Å²) in [4.78, 5) is 28.8. The fourth-order valence-electron chi connectivity index (χ4n) is 4.67. The highest BCUT2D eigenvalue weighted by Crippen LogP contribution is 2.35. The summed E-state index contributed by atoms with van der Waals surface area (Å²) in [6, 6.07) is 9.15. The van der Waals surface area contributed by atoms with E-state index < -0.39 is 18.5 Å².